The molecule has 84 valence electrons. The molecule has 0 spiro atoms. The summed E-state index contributed by atoms with van der Waals surface area (Å²) in [6, 6.07) is 0. The predicted octanol–water partition coefficient (Wildman–Crippen LogP) is 1.08. The van der Waals surface area contributed by atoms with E-state index in [0.717, 1.165) is 13.2 Å². The Kier molecular flexibility index (Phi) is 4.85. The maximum atomic E-state index is 5.38. The van der Waals surface area contributed by atoms with E-state index in [0.29, 0.717) is 18.6 Å². The number of rotatable bonds is 6. The summed E-state index contributed by atoms with van der Waals surface area (Å²) >= 11 is 0. The number of nitrogens with two attached hydrogens (primary N) is 1. The molecule has 1 rings (SSSR count). The highest BCUT2D eigenvalue weighted by Gasteiger charge is 2.31. The molecule has 1 unspecified atom stereocenters. The summed E-state index contributed by atoms with van der Waals surface area (Å²) < 4.78 is 5.38. The van der Waals surface area contributed by atoms with Crippen LogP contribution < -0.4 is 5.73 Å². The zero-order valence-electron chi connectivity index (χ0n) is 9.59. The third-order valence-electron chi connectivity index (χ3n) is 3.30. The molecule has 0 aliphatic carbocycles. The lowest BCUT2D eigenvalue weighted by atomic mass is 9.87. The van der Waals surface area contributed by atoms with Crippen molar-refractivity contribution in [2.24, 2.45) is 11.1 Å². The molecule has 0 bridgehead atoms. The summed E-state index contributed by atoms with van der Waals surface area (Å²) in [6.45, 7) is 10.4. The van der Waals surface area contributed by atoms with Crippen molar-refractivity contribution in [3.63, 3.8) is 0 Å². The van der Waals surface area contributed by atoms with Gasteiger partial charge in [-0.2, -0.15) is 0 Å². The summed E-state index contributed by atoms with van der Waals surface area (Å²) in [5.41, 5.74) is 5.90. The smallest absolute Gasteiger partial charge is 0.0594 e. The van der Waals surface area contributed by atoms with E-state index in [4.69, 9.17) is 10.5 Å². The summed E-state index contributed by atoms with van der Waals surface area (Å²) in [6.07, 6.45) is 2.62. The first-order chi connectivity index (χ1) is 6.70. The fourth-order valence-corrected chi connectivity index (χ4v) is 1.98. The maximum absolute atomic E-state index is 5.38. The SMILES string of the molecule is CCC1(C)CCN(CCOCCN)C1. The van der Waals surface area contributed by atoms with E-state index in [1.165, 1.54) is 25.9 Å². The van der Waals surface area contributed by atoms with Crippen molar-refractivity contribution in [2.45, 2.75) is 26.7 Å². The van der Waals surface area contributed by atoms with Gasteiger partial charge in [0.1, 0.15) is 0 Å². The van der Waals surface area contributed by atoms with Crippen molar-refractivity contribution in [3.05, 3.63) is 0 Å². The summed E-state index contributed by atoms with van der Waals surface area (Å²) in [5.74, 6) is 0. The van der Waals surface area contributed by atoms with Crippen LogP contribution >= 0.6 is 0 Å². The van der Waals surface area contributed by atoms with Crippen molar-refractivity contribution >= 4 is 0 Å². The number of hydrogen-bond acceptors (Lipinski definition) is 3. The monoisotopic (exact) mass is 200 g/mol. The van der Waals surface area contributed by atoms with Crippen LogP contribution in [-0.2, 0) is 4.74 Å². The largest absolute Gasteiger partial charge is 0.379 e. The first-order valence-electron chi connectivity index (χ1n) is 5.70. The molecule has 1 aliphatic rings. The van der Waals surface area contributed by atoms with Crippen LogP contribution in [0.3, 0.4) is 0 Å². The Morgan fingerprint density at radius 1 is 1.43 bits per heavy atom. The fraction of sp³-hybridized carbons (Fsp3) is 1.00. The van der Waals surface area contributed by atoms with Gasteiger partial charge in [-0.25, -0.2) is 0 Å². The lowest BCUT2D eigenvalue weighted by molar-refractivity contribution is 0.113. The van der Waals surface area contributed by atoms with Crippen molar-refractivity contribution in [1.29, 1.82) is 0 Å². The van der Waals surface area contributed by atoms with Crippen LogP contribution in [0.1, 0.15) is 26.7 Å². The third-order valence-corrected chi connectivity index (χ3v) is 3.30. The minimum atomic E-state index is 0.549. The lowest BCUT2D eigenvalue weighted by Gasteiger charge is -2.22. The molecule has 3 heteroatoms. The molecular formula is C11H24N2O. The number of nitrogens with zero attached hydrogens (tertiary/aromatic N) is 1. The molecule has 2 N–H and O–H groups in total. The van der Waals surface area contributed by atoms with Crippen LogP contribution in [0.4, 0.5) is 0 Å². The summed E-state index contributed by atoms with van der Waals surface area (Å²) in [5, 5.41) is 0. The molecule has 1 heterocycles. The number of ether oxygens (including phenoxy) is 1. The molecule has 0 amide bonds. The number of likely N-dealkylation sites (tertiary alicyclic amines) is 1. The van der Waals surface area contributed by atoms with Gasteiger partial charge in [-0.3, -0.25) is 0 Å². The van der Waals surface area contributed by atoms with Gasteiger partial charge >= 0.3 is 0 Å². The number of hydrogen-bond donors (Lipinski definition) is 1. The normalized spacial score (nSPS) is 28.5. The van der Waals surface area contributed by atoms with E-state index in [-0.39, 0.29) is 0 Å². The van der Waals surface area contributed by atoms with E-state index in [9.17, 15) is 0 Å². The van der Waals surface area contributed by atoms with Gasteiger partial charge in [0.25, 0.3) is 0 Å². The van der Waals surface area contributed by atoms with Crippen LogP contribution in [-0.4, -0.2) is 44.3 Å². The van der Waals surface area contributed by atoms with E-state index >= 15 is 0 Å². The third kappa shape index (κ3) is 3.56. The Morgan fingerprint density at radius 3 is 2.79 bits per heavy atom. The highest BCUT2D eigenvalue weighted by molar-refractivity contribution is 4.84. The van der Waals surface area contributed by atoms with Gasteiger partial charge in [-0.15, -0.1) is 0 Å². The van der Waals surface area contributed by atoms with Crippen LogP contribution in [0.15, 0.2) is 0 Å². The summed E-state index contributed by atoms with van der Waals surface area (Å²) in [7, 11) is 0. The first kappa shape index (κ1) is 12.0. The van der Waals surface area contributed by atoms with Gasteiger partial charge < -0.3 is 15.4 Å². The molecule has 0 aromatic carbocycles. The van der Waals surface area contributed by atoms with Crippen LogP contribution in [0.25, 0.3) is 0 Å². The second kappa shape index (κ2) is 5.69. The van der Waals surface area contributed by atoms with E-state index in [1.54, 1.807) is 0 Å². The van der Waals surface area contributed by atoms with Crippen LogP contribution in [0.2, 0.25) is 0 Å². The fourth-order valence-electron chi connectivity index (χ4n) is 1.98. The second-order valence-electron chi connectivity index (χ2n) is 4.59. The molecule has 0 aromatic rings. The van der Waals surface area contributed by atoms with E-state index < -0.39 is 0 Å². The molecule has 0 radical (unpaired) electrons. The van der Waals surface area contributed by atoms with Crippen molar-refractivity contribution in [3.8, 4) is 0 Å². The van der Waals surface area contributed by atoms with Gasteiger partial charge in [0, 0.05) is 19.6 Å². The second-order valence-corrected chi connectivity index (χ2v) is 4.59. The van der Waals surface area contributed by atoms with E-state index in [1.807, 2.05) is 0 Å². The Bertz CT molecular complexity index is 163. The summed E-state index contributed by atoms with van der Waals surface area (Å²) in [4.78, 5) is 2.50. The molecule has 0 saturated carbocycles. The molecule has 3 nitrogen and oxygen atoms in total. The van der Waals surface area contributed by atoms with Crippen molar-refractivity contribution < 1.29 is 4.74 Å². The maximum Gasteiger partial charge on any atom is 0.0594 e. The van der Waals surface area contributed by atoms with Crippen molar-refractivity contribution in [2.75, 3.05) is 39.4 Å². The lowest BCUT2D eigenvalue weighted by Crippen LogP contribution is -2.28. The molecule has 1 fully saturated rings. The standard InChI is InChI=1S/C11H24N2O/c1-3-11(2)4-6-13(10-11)7-9-14-8-5-12/h3-10,12H2,1-2H3. The average molecular weight is 200 g/mol. The molecule has 1 aliphatic heterocycles. The molecule has 14 heavy (non-hydrogen) atoms. The highest BCUT2D eigenvalue weighted by atomic mass is 16.5. The quantitative estimate of drug-likeness (QED) is 0.652. The Hall–Kier alpha value is -0.120. The average Bonchev–Trinajstić information content (AvgIpc) is 2.56. The Morgan fingerprint density at radius 2 is 2.21 bits per heavy atom. The van der Waals surface area contributed by atoms with Crippen LogP contribution in [0, 0.1) is 5.41 Å². The Balaban J connectivity index is 2.10. The van der Waals surface area contributed by atoms with Gasteiger partial charge in [-0.05, 0) is 24.8 Å². The van der Waals surface area contributed by atoms with Gasteiger partial charge in [-0.1, -0.05) is 13.8 Å². The molecule has 1 atom stereocenters. The zero-order chi connectivity index (χ0) is 10.4. The predicted molar refractivity (Wildman–Crippen MR) is 59.3 cm³/mol. The minimum Gasteiger partial charge on any atom is -0.379 e. The highest BCUT2D eigenvalue weighted by Crippen LogP contribution is 2.32. The topological polar surface area (TPSA) is 38.5 Å². The van der Waals surface area contributed by atoms with Gasteiger partial charge in [0.05, 0.1) is 13.2 Å². The van der Waals surface area contributed by atoms with Crippen LogP contribution in [0.5, 0.6) is 0 Å². The molecule has 1 saturated heterocycles. The van der Waals surface area contributed by atoms with Crippen molar-refractivity contribution in [1.82, 2.24) is 4.90 Å². The van der Waals surface area contributed by atoms with E-state index in [2.05, 4.69) is 18.7 Å². The van der Waals surface area contributed by atoms with Gasteiger partial charge in [0.2, 0.25) is 0 Å². The van der Waals surface area contributed by atoms with Gasteiger partial charge in [0.15, 0.2) is 0 Å². The zero-order valence-corrected chi connectivity index (χ0v) is 9.59. The molecule has 0 aromatic heterocycles. The minimum absolute atomic E-state index is 0.549. The molecular weight excluding hydrogens is 176 g/mol. The Labute approximate surface area is 87.6 Å². The first-order valence-corrected chi connectivity index (χ1v) is 5.70.